The molecule has 0 aliphatic carbocycles. The SMILES string of the molecule is CC(CCCC(=O)O)NC(=O)c1cc(Br)ccc1Br. The second-order valence-corrected chi connectivity index (χ2v) is 6.05. The maximum absolute atomic E-state index is 12.0. The number of benzene rings is 1. The van der Waals surface area contributed by atoms with Gasteiger partial charge in [0.05, 0.1) is 5.56 Å². The lowest BCUT2D eigenvalue weighted by atomic mass is 10.1. The van der Waals surface area contributed by atoms with E-state index in [1.54, 1.807) is 12.1 Å². The van der Waals surface area contributed by atoms with Gasteiger partial charge < -0.3 is 10.4 Å². The first-order chi connectivity index (χ1) is 8.90. The molecule has 4 nitrogen and oxygen atoms in total. The molecule has 0 heterocycles. The summed E-state index contributed by atoms with van der Waals surface area (Å²) in [5.41, 5.74) is 0.555. The van der Waals surface area contributed by atoms with Crippen molar-refractivity contribution in [1.82, 2.24) is 5.32 Å². The third-order valence-corrected chi connectivity index (χ3v) is 3.76. The van der Waals surface area contributed by atoms with E-state index in [1.165, 1.54) is 0 Å². The number of amides is 1. The average molecular weight is 393 g/mol. The van der Waals surface area contributed by atoms with Crippen LogP contribution in [-0.2, 0) is 4.79 Å². The lowest BCUT2D eigenvalue weighted by Crippen LogP contribution is -2.32. The molecule has 0 aromatic heterocycles. The fraction of sp³-hybridized carbons (Fsp3) is 0.385. The molecule has 19 heavy (non-hydrogen) atoms. The van der Waals surface area contributed by atoms with Crippen LogP contribution in [0.3, 0.4) is 0 Å². The summed E-state index contributed by atoms with van der Waals surface area (Å²) >= 11 is 6.66. The van der Waals surface area contributed by atoms with Gasteiger partial charge in [-0.2, -0.15) is 0 Å². The molecule has 1 amide bonds. The maximum Gasteiger partial charge on any atom is 0.303 e. The lowest BCUT2D eigenvalue weighted by Gasteiger charge is -2.14. The van der Waals surface area contributed by atoms with Crippen molar-refractivity contribution in [3.63, 3.8) is 0 Å². The van der Waals surface area contributed by atoms with E-state index in [2.05, 4.69) is 37.2 Å². The Bertz CT molecular complexity index is 477. The molecule has 6 heteroatoms. The fourth-order valence-corrected chi connectivity index (χ4v) is 2.39. The maximum atomic E-state index is 12.0. The van der Waals surface area contributed by atoms with Crippen LogP contribution >= 0.6 is 31.9 Å². The van der Waals surface area contributed by atoms with Crippen molar-refractivity contribution < 1.29 is 14.7 Å². The van der Waals surface area contributed by atoms with Crippen LogP contribution in [0.25, 0.3) is 0 Å². The van der Waals surface area contributed by atoms with Gasteiger partial charge in [0.1, 0.15) is 0 Å². The largest absolute Gasteiger partial charge is 0.481 e. The van der Waals surface area contributed by atoms with Crippen LogP contribution in [0.15, 0.2) is 27.1 Å². The van der Waals surface area contributed by atoms with Gasteiger partial charge in [0.15, 0.2) is 0 Å². The Kier molecular flexibility index (Phi) is 6.51. The topological polar surface area (TPSA) is 66.4 Å². The summed E-state index contributed by atoms with van der Waals surface area (Å²) in [5, 5.41) is 11.4. The van der Waals surface area contributed by atoms with Crippen LogP contribution in [0.5, 0.6) is 0 Å². The Morgan fingerprint density at radius 3 is 2.68 bits per heavy atom. The van der Waals surface area contributed by atoms with E-state index in [1.807, 2.05) is 13.0 Å². The Balaban J connectivity index is 2.54. The number of carbonyl (C=O) groups is 2. The van der Waals surface area contributed by atoms with Gasteiger partial charge in [-0.15, -0.1) is 0 Å². The number of nitrogens with one attached hydrogen (secondary N) is 1. The molecule has 0 fully saturated rings. The van der Waals surface area contributed by atoms with Crippen LogP contribution in [-0.4, -0.2) is 23.0 Å². The first kappa shape index (κ1) is 16.2. The molecule has 0 aliphatic rings. The standard InChI is InChI=1S/C13H15Br2NO3/c1-8(3-2-4-12(17)18)16-13(19)10-7-9(14)5-6-11(10)15/h5-8H,2-4H2,1H3,(H,16,19)(H,17,18). The van der Waals surface area contributed by atoms with E-state index in [4.69, 9.17) is 5.11 Å². The Hall–Kier alpha value is -0.880. The van der Waals surface area contributed by atoms with E-state index in [9.17, 15) is 9.59 Å². The monoisotopic (exact) mass is 391 g/mol. The van der Waals surface area contributed by atoms with Gasteiger partial charge in [0, 0.05) is 21.4 Å². The van der Waals surface area contributed by atoms with E-state index >= 15 is 0 Å². The second-order valence-electron chi connectivity index (χ2n) is 4.28. The predicted octanol–water partition coefficient (Wildman–Crippen LogP) is 3.58. The van der Waals surface area contributed by atoms with Crippen molar-refractivity contribution in [1.29, 1.82) is 0 Å². The molecule has 0 bridgehead atoms. The summed E-state index contributed by atoms with van der Waals surface area (Å²) in [4.78, 5) is 22.5. The summed E-state index contributed by atoms with van der Waals surface area (Å²) < 4.78 is 1.56. The van der Waals surface area contributed by atoms with Gasteiger partial charge in [-0.1, -0.05) is 15.9 Å². The number of carboxylic acid groups (broad SMARTS) is 1. The number of hydrogen-bond acceptors (Lipinski definition) is 2. The smallest absolute Gasteiger partial charge is 0.303 e. The van der Waals surface area contributed by atoms with Crippen LogP contribution in [0, 0.1) is 0 Å². The van der Waals surface area contributed by atoms with Gasteiger partial charge >= 0.3 is 5.97 Å². The van der Waals surface area contributed by atoms with E-state index in [0.29, 0.717) is 18.4 Å². The fourth-order valence-electron chi connectivity index (χ4n) is 1.60. The van der Waals surface area contributed by atoms with E-state index < -0.39 is 5.97 Å². The molecule has 0 saturated carbocycles. The lowest BCUT2D eigenvalue weighted by molar-refractivity contribution is -0.137. The highest BCUT2D eigenvalue weighted by Gasteiger charge is 2.13. The normalized spacial score (nSPS) is 11.9. The molecule has 0 saturated heterocycles. The zero-order chi connectivity index (χ0) is 14.4. The van der Waals surface area contributed by atoms with E-state index in [-0.39, 0.29) is 18.4 Å². The molecular formula is C13H15Br2NO3. The van der Waals surface area contributed by atoms with Gasteiger partial charge in [-0.05, 0) is 53.9 Å². The van der Waals surface area contributed by atoms with Crippen molar-refractivity contribution in [3.05, 3.63) is 32.7 Å². The number of rotatable bonds is 6. The number of aliphatic carboxylic acids is 1. The molecule has 1 unspecified atom stereocenters. The van der Waals surface area contributed by atoms with Crippen LogP contribution in [0.4, 0.5) is 0 Å². The number of halogens is 2. The van der Waals surface area contributed by atoms with Crippen molar-refractivity contribution in [2.75, 3.05) is 0 Å². The molecular weight excluding hydrogens is 378 g/mol. The van der Waals surface area contributed by atoms with Gasteiger partial charge in [0.2, 0.25) is 0 Å². The van der Waals surface area contributed by atoms with Crippen LogP contribution in [0.1, 0.15) is 36.5 Å². The summed E-state index contributed by atoms with van der Waals surface area (Å²) in [7, 11) is 0. The Labute approximate surface area is 128 Å². The van der Waals surface area contributed by atoms with Crippen LogP contribution < -0.4 is 5.32 Å². The highest BCUT2D eigenvalue weighted by Crippen LogP contribution is 2.21. The zero-order valence-corrected chi connectivity index (χ0v) is 13.6. The molecule has 2 N–H and O–H groups in total. The summed E-state index contributed by atoms with van der Waals surface area (Å²) in [6, 6.07) is 5.33. The number of carboxylic acids is 1. The van der Waals surface area contributed by atoms with Gasteiger partial charge in [-0.3, -0.25) is 9.59 Å². The molecule has 0 radical (unpaired) electrons. The summed E-state index contributed by atoms with van der Waals surface area (Å²) in [6.45, 7) is 1.87. The predicted molar refractivity (Wildman–Crippen MR) is 80.3 cm³/mol. The van der Waals surface area contributed by atoms with Gasteiger partial charge in [0.25, 0.3) is 5.91 Å². The third-order valence-electron chi connectivity index (χ3n) is 2.58. The number of carbonyl (C=O) groups excluding carboxylic acids is 1. The molecule has 1 aromatic rings. The average Bonchev–Trinajstić information content (AvgIpc) is 2.31. The summed E-state index contributed by atoms with van der Waals surface area (Å²) in [6.07, 6.45) is 1.32. The van der Waals surface area contributed by atoms with Gasteiger partial charge in [-0.25, -0.2) is 0 Å². The molecule has 0 spiro atoms. The molecule has 1 aromatic carbocycles. The quantitative estimate of drug-likeness (QED) is 0.777. The molecule has 1 rings (SSSR count). The second kappa shape index (κ2) is 7.65. The minimum absolute atomic E-state index is 0.0577. The highest BCUT2D eigenvalue weighted by atomic mass is 79.9. The van der Waals surface area contributed by atoms with Crippen molar-refractivity contribution in [3.8, 4) is 0 Å². The molecule has 104 valence electrons. The van der Waals surface area contributed by atoms with E-state index in [0.717, 1.165) is 8.95 Å². The van der Waals surface area contributed by atoms with Crippen molar-refractivity contribution in [2.45, 2.75) is 32.2 Å². The molecule has 1 atom stereocenters. The van der Waals surface area contributed by atoms with Crippen molar-refractivity contribution in [2.24, 2.45) is 0 Å². The first-order valence-corrected chi connectivity index (χ1v) is 7.46. The summed E-state index contributed by atoms with van der Waals surface area (Å²) in [5.74, 6) is -0.982. The Morgan fingerprint density at radius 2 is 2.05 bits per heavy atom. The minimum Gasteiger partial charge on any atom is -0.481 e. The Morgan fingerprint density at radius 1 is 1.37 bits per heavy atom. The van der Waals surface area contributed by atoms with Crippen molar-refractivity contribution >= 4 is 43.7 Å². The first-order valence-electron chi connectivity index (χ1n) is 5.88. The van der Waals surface area contributed by atoms with Crippen LogP contribution in [0.2, 0.25) is 0 Å². The molecule has 0 aliphatic heterocycles. The zero-order valence-electron chi connectivity index (χ0n) is 10.5. The minimum atomic E-state index is -0.812. The highest BCUT2D eigenvalue weighted by molar-refractivity contribution is 9.11. The third kappa shape index (κ3) is 5.74. The number of hydrogen-bond donors (Lipinski definition) is 2.